The van der Waals surface area contributed by atoms with E-state index in [1.807, 2.05) is 0 Å². The zero-order valence-corrected chi connectivity index (χ0v) is 16.9. The van der Waals surface area contributed by atoms with Gasteiger partial charge in [-0.2, -0.15) is 0 Å². The molecule has 2 heteroatoms. The summed E-state index contributed by atoms with van der Waals surface area (Å²) in [6.07, 6.45) is 0. The van der Waals surface area contributed by atoms with Crippen molar-refractivity contribution in [2.24, 2.45) is 0 Å². The van der Waals surface area contributed by atoms with Gasteiger partial charge < -0.3 is 0 Å². The fourth-order valence-electron chi connectivity index (χ4n) is 2.31. The second kappa shape index (κ2) is 8.32. The number of rotatable bonds is 3. The van der Waals surface area contributed by atoms with Gasteiger partial charge in [0.1, 0.15) is 0 Å². The molecule has 0 nitrogen and oxygen atoms in total. The van der Waals surface area contributed by atoms with Crippen LogP contribution in [0, 0.1) is 0 Å². The van der Waals surface area contributed by atoms with E-state index in [9.17, 15) is 0 Å². The maximum atomic E-state index is 2.27. The van der Waals surface area contributed by atoms with Crippen LogP contribution in [0.15, 0.2) is 91.0 Å². The number of benzene rings is 3. The van der Waals surface area contributed by atoms with Crippen LogP contribution in [0.3, 0.4) is 0 Å². The van der Waals surface area contributed by atoms with Crippen molar-refractivity contribution in [2.45, 2.75) is 0 Å². The van der Waals surface area contributed by atoms with Crippen LogP contribution in [-0.2, 0) is 0 Å². The zero-order chi connectivity index (χ0) is 12.9. The Hall–Kier alpha value is -0.161. The fourth-order valence-corrected chi connectivity index (χ4v) is 7.72. The molecule has 0 aliphatic heterocycles. The molecule has 0 amide bonds. The van der Waals surface area contributed by atoms with Gasteiger partial charge in [0.2, 0.25) is 0 Å². The Labute approximate surface area is 167 Å². The minimum absolute atomic E-state index is 0. The molecule has 0 saturated carbocycles. The first kappa shape index (κ1) is 16.2. The van der Waals surface area contributed by atoms with E-state index in [2.05, 4.69) is 91.0 Å². The van der Waals surface area contributed by atoms with Crippen LogP contribution in [0.25, 0.3) is 0 Å². The summed E-state index contributed by atoms with van der Waals surface area (Å²) < 4.78 is 4.50. The van der Waals surface area contributed by atoms with Crippen LogP contribution >= 0.6 is 0 Å². The average molecular weight is 343 g/mol. The van der Waals surface area contributed by atoms with Crippen molar-refractivity contribution in [1.29, 1.82) is 0 Å². The van der Waals surface area contributed by atoms with E-state index in [-0.39, 0.29) is 51.4 Å². The van der Waals surface area contributed by atoms with E-state index in [1.165, 1.54) is 13.2 Å². The molecule has 0 aromatic heterocycles. The van der Waals surface area contributed by atoms with Crippen molar-refractivity contribution in [2.75, 3.05) is 0 Å². The second-order valence-electron chi connectivity index (χ2n) is 4.47. The molecule has 3 aromatic rings. The van der Waals surface area contributed by atoms with E-state index in [1.54, 1.807) is 0 Å². The van der Waals surface area contributed by atoms with Crippen molar-refractivity contribution in [1.82, 2.24) is 0 Å². The summed E-state index contributed by atoms with van der Waals surface area (Å²) in [5, 5.41) is 0. The third-order valence-electron chi connectivity index (χ3n) is 3.19. The fraction of sp³-hybridized carbons (Fsp3) is 0. The van der Waals surface area contributed by atoms with Gasteiger partial charge in [-0.3, -0.25) is 0 Å². The van der Waals surface area contributed by atoms with E-state index in [0.717, 1.165) is 0 Å². The first-order valence-electron chi connectivity index (χ1n) is 6.48. The molecule has 3 aromatic carbocycles. The number of hydrogen-bond donors (Lipinski definition) is 0. The van der Waals surface area contributed by atoms with Gasteiger partial charge in [-0.25, -0.2) is 0 Å². The maximum absolute atomic E-state index is 2.27. The van der Waals surface area contributed by atoms with Gasteiger partial charge in [-0.1, -0.05) is 0 Å². The summed E-state index contributed by atoms with van der Waals surface area (Å²) in [6, 6.07) is 32.8. The van der Waals surface area contributed by atoms with Crippen LogP contribution in [0.4, 0.5) is 0 Å². The summed E-state index contributed by atoms with van der Waals surface area (Å²) in [5.74, 6) is 0. The molecule has 20 heavy (non-hydrogen) atoms. The van der Waals surface area contributed by atoms with Crippen LogP contribution < -0.4 is 13.2 Å². The van der Waals surface area contributed by atoms with Crippen LogP contribution in [-0.4, -0.2) is 65.7 Å². The van der Waals surface area contributed by atoms with Crippen LogP contribution in [0.1, 0.15) is 0 Å². The van der Waals surface area contributed by atoms with Gasteiger partial charge in [-0.15, -0.1) is 0 Å². The Kier molecular flexibility index (Phi) is 6.75. The molecule has 0 aliphatic carbocycles. The molecule has 0 N–H and O–H groups in total. The molecule has 0 aliphatic rings. The Balaban J connectivity index is 0.00000147. The predicted molar refractivity (Wildman–Crippen MR) is 89.7 cm³/mol. The first-order chi connectivity index (χ1) is 9.45. The molecular weight excluding hydrogens is 328 g/mol. The quantitative estimate of drug-likeness (QED) is 0.637. The SMILES string of the molecule is [K].c1cc[c]([Ge]([c]2ccccc2)[c]2ccccc2)cc1. The van der Waals surface area contributed by atoms with Gasteiger partial charge in [0, 0.05) is 51.4 Å². The van der Waals surface area contributed by atoms with Gasteiger partial charge in [0.05, 0.1) is 0 Å². The van der Waals surface area contributed by atoms with Gasteiger partial charge in [0.25, 0.3) is 0 Å². The molecule has 0 heterocycles. The van der Waals surface area contributed by atoms with Crippen molar-refractivity contribution in [3.05, 3.63) is 91.0 Å². The van der Waals surface area contributed by atoms with Gasteiger partial charge in [-0.05, 0) is 0 Å². The van der Waals surface area contributed by atoms with Gasteiger partial charge >= 0.3 is 119 Å². The second-order valence-corrected chi connectivity index (χ2v) is 9.68. The van der Waals surface area contributed by atoms with Crippen molar-refractivity contribution < 1.29 is 0 Å². The Morgan fingerprint density at radius 2 is 0.650 bits per heavy atom. The summed E-state index contributed by atoms with van der Waals surface area (Å²) in [6.45, 7) is 0. The van der Waals surface area contributed by atoms with E-state index >= 15 is 0 Å². The molecule has 0 unspecified atom stereocenters. The standard InChI is InChI=1S/C18H15Ge.K/c1-4-10-16(11-5-1)19(17-12-6-2-7-13-17)18-14-8-3-9-15-18;/h1-15H;. The Bertz CT molecular complexity index is 529. The molecule has 0 bridgehead atoms. The Morgan fingerprint density at radius 3 is 0.900 bits per heavy atom. The predicted octanol–water partition coefficient (Wildman–Crippen LogP) is 1.82. The Morgan fingerprint density at radius 1 is 0.400 bits per heavy atom. The molecule has 0 saturated heterocycles. The van der Waals surface area contributed by atoms with E-state index in [4.69, 9.17) is 0 Å². The first-order valence-corrected chi connectivity index (χ1v) is 9.63. The molecule has 3 rings (SSSR count). The van der Waals surface area contributed by atoms with Crippen molar-refractivity contribution in [3.8, 4) is 0 Å². The molecule has 0 spiro atoms. The molecule has 92 valence electrons. The minimum atomic E-state index is -1.63. The van der Waals surface area contributed by atoms with Crippen molar-refractivity contribution >= 4 is 78.9 Å². The molecule has 0 atom stereocenters. The van der Waals surface area contributed by atoms with E-state index in [0.29, 0.717) is 0 Å². The van der Waals surface area contributed by atoms with E-state index < -0.39 is 14.3 Å². The van der Waals surface area contributed by atoms with Crippen LogP contribution in [0.5, 0.6) is 0 Å². The topological polar surface area (TPSA) is 0 Å². The molecule has 2 radical (unpaired) electrons. The van der Waals surface area contributed by atoms with Gasteiger partial charge in [0.15, 0.2) is 0 Å². The zero-order valence-electron chi connectivity index (χ0n) is 11.7. The summed E-state index contributed by atoms with van der Waals surface area (Å²) >= 11 is -1.63. The van der Waals surface area contributed by atoms with Crippen LogP contribution in [0.2, 0.25) is 0 Å². The third kappa shape index (κ3) is 3.94. The third-order valence-corrected chi connectivity index (χ3v) is 8.92. The monoisotopic (exact) mass is 344 g/mol. The normalized spacial score (nSPS) is 10.1. The summed E-state index contributed by atoms with van der Waals surface area (Å²) in [5.41, 5.74) is 0. The molecule has 0 fully saturated rings. The average Bonchev–Trinajstić information content (AvgIpc) is 2.51. The van der Waals surface area contributed by atoms with Crippen molar-refractivity contribution in [3.63, 3.8) is 0 Å². The number of hydrogen-bond acceptors (Lipinski definition) is 0. The summed E-state index contributed by atoms with van der Waals surface area (Å²) in [7, 11) is 0. The molecular formula is C18H15GeK. The summed E-state index contributed by atoms with van der Waals surface area (Å²) in [4.78, 5) is 0.